The molecule has 3 aromatic rings. The minimum atomic E-state index is -1.62. The maximum Gasteiger partial charge on any atom is 0.238 e. The third kappa shape index (κ3) is 5.23. The Morgan fingerprint density at radius 1 is 1.05 bits per heavy atom. The van der Waals surface area contributed by atoms with E-state index in [-0.39, 0.29) is 39.7 Å². The highest BCUT2D eigenvalue weighted by Crippen LogP contribution is 2.52. The van der Waals surface area contributed by atoms with Gasteiger partial charge in [-0.2, -0.15) is 0 Å². The summed E-state index contributed by atoms with van der Waals surface area (Å²) < 4.78 is 46.4. The van der Waals surface area contributed by atoms with Crippen LogP contribution in [0.25, 0.3) is 0 Å². The zero-order valence-electron chi connectivity index (χ0n) is 21.9. The van der Waals surface area contributed by atoms with Crippen molar-refractivity contribution in [3.8, 4) is 0 Å². The number of nitrogens with one attached hydrogen (secondary N) is 2. The molecule has 0 saturated carbocycles. The Labute approximate surface area is 241 Å². The fourth-order valence-corrected chi connectivity index (χ4v) is 6.60. The lowest BCUT2D eigenvalue weighted by Crippen LogP contribution is -2.52. The highest BCUT2D eigenvalue weighted by molar-refractivity contribution is 6.31. The van der Waals surface area contributed by atoms with Gasteiger partial charge in [0.15, 0.2) is 0 Å². The first-order valence-corrected chi connectivity index (χ1v) is 14.1. The summed E-state index contributed by atoms with van der Waals surface area (Å²) in [6, 6.07) is 12.9. The van der Waals surface area contributed by atoms with Gasteiger partial charge in [-0.05, 0) is 62.7 Å². The molecule has 2 fully saturated rings. The Kier molecular flexibility index (Phi) is 8.45. The molecule has 3 aromatic carbocycles. The molecule has 212 valence electrons. The topological polar surface area (TPSA) is 70.4 Å². The second kappa shape index (κ2) is 11.7. The highest BCUT2D eigenvalue weighted by atomic mass is 35.5. The van der Waals surface area contributed by atoms with Gasteiger partial charge in [-0.15, -0.1) is 0 Å². The van der Waals surface area contributed by atoms with Crippen LogP contribution in [0, 0.1) is 17.5 Å². The quantitative estimate of drug-likeness (QED) is 0.355. The molecule has 4 atom stereocenters. The molecule has 10 heteroatoms. The summed E-state index contributed by atoms with van der Waals surface area (Å²) in [5.74, 6) is -3.34. The van der Waals surface area contributed by atoms with Gasteiger partial charge >= 0.3 is 0 Å². The average molecular weight is 592 g/mol. The number of carbonyl (C=O) groups excluding carboxylic acids is 1. The second-order valence-electron chi connectivity index (χ2n) is 10.6. The van der Waals surface area contributed by atoms with Gasteiger partial charge in [0, 0.05) is 40.7 Å². The molecule has 0 aliphatic carbocycles. The van der Waals surface area contributed by atoms with Gasteiger partial charge in [-0.1, -0.05) is 59.6 Å². The second-order valence-corrected chi connectivity index (χ2v) is 11.4. The molecule has 40 heavy (non-hydrogen) atoms. The monoisotopic (exact) mass is 590 g/mol. The van der Waals surface area contributed by atoms with E-state index < -0.39 is 41.0 Å². The molecule has 5 rings (SSSR count). The smallest absolute Gasteiger partial charge is 0.238 e. The van der Waals surface area contributed by atoms with E-state index in [9.17, 15) is 9.18 Å². The molecular weight excluding hydrogens is 560 g/mol. The van der Waals surface area contributed by atoms with E-state index in [1.54, 1.807) is 36.1 Å². The highest BCUT2D eigenvalue weighted by Gasteiger charge is 2.60. The summed E-state index contributed by atoms with van der Waals surface area (Å²) in [5.41, 5.74) is 6.06. The number of carbonyl (C=O) groups is 1. The number of nitrogens with zero attached hydrogens (tertiary/aromatic N) is 1. The zero-order chi connectivity index (χ0) is 28.6. The van der Waals surface area contributed by atoms with Crippen molar-refractivity contribution in [2.75, 3.05) is 13.1 Å². The Hall–Kier alpha value is -2.62. The number of amides is 1. The molecule has 2 saturated heterocycles. The number of rotatable bonds is 6. The van der Waals surface area contributed by atoms with Gasteiger partial charge in [0.1, 0.15) is 17.5 Å². The first kappa shape index (κ1) is 28.9. The summed E-state index contributed by atoms with van der Waals surface area (Å²) in [7, 11) is 0. The molecular formula is C30H31Cl2F3N4O. The molecule has 0 bridgehead atoms. The van der Waals surface area contributed by atoms with Gasteiger partial charge in [0.2, 0.25) is 5.91 Å². The van der Waals surface area contributed by atoms with Crippen LogP contribution >= 0.6 is 23.2 Å². The summed E-state index contributed by atoms with van der Waals surface area (Å²) in [6.07, 6.45) is 1.44. The van der Waals surface area contributed by atoms with Crippen LogP contribution < -0.4 is 16.4 Å². The van der Waals surface area contributed by atoms with E-state index in [4.69, 9.17) is 28.9 Å². The molecule has 0 aromatic heterocycles. The molecule has 2 aliphatic heterocycles. The molecule has 2 aliphatic rings. The summed E-state index contributed by atoms with van der Waals surface area (Å²) in [5, 5.41) is 6.41. The van der Waals surface area contributed by atoms with Crippen molar-refractivity contribution in [3.63, 3.8) is 0 Å². The molecule has 0 spiro atoms. The SMILES string of the molecule is CC1N(Cc2ccccc2F)C(C(=O)NC2CCNCC2)C(c2cccc(Cl)c2F)C1(N)c1ccc(Cl)cc1F. The number of hydrogen-bond donors (Lipinski definition) is 3. The molecule has 4 unspecified atom stereocenters. The van der Waals surface area contributed by atoms with Crippen LogP contribution in [0.4, 0.5) is 13.2 Å². The van der Waals surface area contributed by atoms with Crippen molar-refractivity contribution in [1.82, 2.24) is 15.5 Å². The van der Waals surface area contributed by atoms with Gasteiger partial charge < -0.3 is 16.4 Å². The first-order valence-electron chi connectivity index (χ1n) is 13.3. The minimum absolute atomic E-state index is 0.00894. The Morgan fingerprint density at radius 3 is 2.48 bits per heavy atom. The van der Waals surface area contributed by atoms with Gasteiger partial charge in [-0.25, -0.2) is 13.2 Å². The summed E-state index contributed by atoms with van der Waals surface area (Å²) in [6.45, 7) is 3.23. The van der Waals surface area contributed by atoms with Crippen LogP contribution in [-0.2, 0) is 16.9 Å². The fraction of sp³-hybridized carbons (Fsp3) is 0.367. The average Bonchev–Trinajstić information content (AvgIpc) is 3.14. The summed E-state index contributed by atoms with van der Waals surface area (Å²) >= 11 is 12.3. The number of likely N-dealkylation sites (tertiary alicyclic amines) is 1. The van der Waals surface area contributed by atoms with Crippen molar-refractivity contribution >= 4 is 29.1 Å². The lowest BCUT2D eigenvalue weighted by Gasteiger charge is -2.37. The predicted molar refractivity (Wildman–Crippen MR) is 151 cm³/mol. The lowest BCUT2D eigenvalue weighted by atomic mass is 9.71. The van der Waals surface area contributed by atoms with Crippen molar-refractivity contribution in [3.05, 3.63) is 105 Å². The maximum absolute atomic E-state index is 15.8. The predicted octanol–water partition coefficient (Wildman–Crippen LogP) is 5.49. The first-order chi connectivity index (χ1) is 19.1. The van der Waals surface area contributed by atoms with E-state index >= 15 is 8.78 Å². The van der Waals surface area contributed by atoms with Crippen LogP contribution in [0.15, 0.2) is 60.7 Å². The number of nitrogens with two attached hydrogens (primary N) is 1. The largest absolute Gasteiger partial charge is 0.352 e. The van der Waals surface area contributed by atoms with Crippen molar-refractivity contribution in [2.24, 2.45) is 5.73 Å². The van der Waals surface area contributed by atoms with E-state index in [1.807, 2.05) is 0 Å². The van der Waals surface area contributed by atoms with E-state index in [0.717, 1.165) is 32.0 Å². The van der Waals surface area contributed by atoms with Crippen molar-refractivity contribution in [1.29, 1.82) is 0 Å². The fourth-order valence-electron chi connectivity index (χ4n) is 6.26. The van der Waals surface area contributed by atoms with Crippen molar-refractivity contribution < 1.29 is 18.0 Å². The van der Waals surface area contributed by atoms with E-state index in [2.05, 4.69) is 10.6 Å². The minimum Gasteiger partial charge on any atom is -0.352 e. The third-order valence-electron chi connectivity index (χ3n) is 8.36. The summed E-state index contributed by atoms with van der Waals surface area (Å²) in [4.78, 5) is 15.9. The Balaban J connectivity index is 1.70. The lowest BCUT2D eigenvalue weighted by molar-refractivity contribution is -0.127. The Morgan fingerprint density at radius 2 is 1.77 bits per heavy atom. The molecule has 5 nitrogen and oxygen atoms in total. The number of halogens is 5. The number of hydrogen-bond acceptors (Lipinski definition) is 4. The molecule has 1 amide bonds. The number of benzene rings is 3. The van der Waals surface area contributed by atoms with Gasteiger partial charge in [-0.3, -0.25) is 9.69 Å². The molecule has 4 N–H and O–H groups in total. The van der Waals surface area contributed by atoms with E-state index in [1.165, 1.54) is 30.3 Å². The van der Waals surface area contributed by atoms with Gasteiger partial charge in [0.05, 0.1) is 16.6 Å². The van der Waals surface area contributed by atoms with Crippen LogP contribution in [0.3, 0.4) is 0 Å². The third-order valence-corrected chi connectivity index (χ3v) is 8.88. The van der Waals surface area contributed by atoms with Crippen molar-refractivity contribution in [2.45, 2.75) is 55.9 Å². The standard InChI is InChI=1S/C30H31Cl2F3N4O/c1-17-30(36,22-10-9-19(31)15-25(22)34)26(21-6-4-7-23(32)27(21)35)28(29(40)38-20-11-13-37-14-12-20)39(17)16-18-5-2-3-8-24(18)33/h2-10,15,17,20,26,28,37H,11-14,16,36H2,1H3,(H,38,40). The number of piperidine rings is 1. The van der Waals surface area contributed by atoms with Crippen LogP contribution in [0.2, 0.25) is 10.0 Å². The molecule has 0 radical (unpaired) electrons. The van der Waals surface area contributed by atoms with Crippen LogP contribution in [0.1, 0.15) is 42.4 Å². The van der Waals surface area contributed by atoms with Crippen LogP contribution in [0.5, 0.6) is 0 Å². The maximum atomic E-state index is 15.8. The molecule has 2 heterocycles. The van der Waals surface area contributed by atoms with E-state index in [0.29, 0.717) is 5.56 Å². The van der Waals surface area contributed by atoms with Crippen LogP contribution in [-0.4, -0.2) is 42.0 Å². The zero-order valence-corrected chi connectivity index (χ0v) is 23.5. The normalized spacial score (nSPS) is 25.7. The van der Waals surface area contributed by atoms with Gasteiger partial charge in [0.25, 0.3) is 0 Å². The Bertz CT molecular complexity index is 1400.